The second-order valence-electron chi connectivity index (χ2n) is 8.15. The molecular formula is C28H33N3O3. The van der Waals surface area contributed by atoms with Crippen molar-refractivity contribution in [3.05, 3.63) is 101 Å². The first-order valence-electron chi connectivity index (χ1n) is 11.6. The third-order valence-electron chi connectivity index (χ3n) is 5.51. The highest BCUT2D eigenvalue weighted by atomic mass is 16.5. The standard InChI is InChI=1S/C28H33N3O3/c1-2-34-26-14-12-22(13-15-26)16-25(32)20-30-27(17-21-6-4-3-5-7-21)28(33)31-19-24-10-8-23(18-29)9-11-24/h3-15,27,30H,2,16-20,29H2,1H3,(H,31,33)/t27-/m0/s1. The fraction of sp³-hybridized carbons (Fsp3) is 0.286. The Morgan fingerprint density at radius 2 is 1.50 bits per heavy atom. The summed E-state index contributed by atoms with van der Waals surface area (Å²) >= 11 is 0. The van der Waals surface area contributed by atoms with Gasteiger partial charge >= 0.3 is 0 Å². The van der Waals surface area contributed by atoms with E-state index in [0.29, 0.717) is 32.5 Å². The fourth-order valence-electron chi connectivity index (χ4n) is 3.61. The molecular weight excluding hydrogens is 426 g/mol. The Balaban J connectivity index is 1.57. The van der Waals surface area contributed by atoms with E-state index < -0.39 is 6.04 Å². The second-order valence-corrected chi connectivity index (χ2v) is 8.15. The van der Waals surface area contributed by atoms with Crippen LogP contribution in [-0.2, 0) is 35.5 Å². The van der Waals surface area contributed by atoms with Crippen molar-refractivity contribution < 1.29 is 14.3 Å². The molecule has 1 atom stereocenters. The van der Waals surface area contributed by atoms with Crippen LogP contribution in [0.5, 0.6) is 5.75 Å². The minimum Gasteiger partial charge on any atom is -0.494 e. The second kappa shape index (κ2) is 13.3. The first-order chi connectivity index (χ1) is 16.6. The van der Waals surface area contributed by atoms with Gasteiger partial charge in [0, 0.05) is 19.5 Å². The van der Waals surface area contributed by atoms with Gasteiger partial charge in [0.25, 0.3) is 0 Å². The Morgan fingerprint density at radius 3 is 2.15 bits per heavy atom. The van der Waals surface area contributed by atoms with E-state index in [2.05, 4.69) is 10.6 Å². The summed E-state index contributed by atoms with van der Waals surface area (Å²) in [6.45, 7) is 3.55. The molecule has 34 heavy (non-hydrogen) atoms. The van der Waals surface area contributed by atoms with Gasteiger partial charge in [-0.15, -0.1) is 0 Å². The number of benzene rings is 3. The molecule has 3 rings (SSSR count). The molecule has 0 saturated carbocycles. The summed E-state index contributed by atoms with van der Waals surface area (Å²) < 4.78 is 5.45. The van der Waals surface area contributed by atoms with E-state index in [-0.39, 0.29) is 18.2 Å². The number of carbonyl (C=O) groups is 2. The first kappa shape index (κ1) is 25.1. The number of hydrogen-bond acceptors (Lipinski definition) is 5. The normalized spacial score (nSPS) is 11.6. The molecule has 0 saturated heterocycles. The van der Waals surface area contributed by atoms with E-state index in [4.69, 9.17) is 10.5 Å². The maximum Gasteiger partial charge on any atom is 0.237 e. The zero-order valence-electron chi connectivity index (χ0n) is 19.6. The van der Waals surface area contributed by atoms with Crippen LogP contribution in [0.3, 0.4) is 0 Å². The molecule has 0 aliphatic rings. The number of nitrogens with two attached hydrogens (primary N) is 1. The molecule has 0 spiro atoms. The van der Waals surface area contributed by atoms with Crippen LogP contribution in [0, 0.1) is 0 Å². The van der Waals surface area contributed by atoms with E-state index in [1.807, 2.05) is 85.8 Å². The van der Waals surface area contributed by atoms with Crippen LogP contribution in [0.2, 0.25) is 0 Å². The Kier molecular flexibility index (Phi) is 9.82. The van der Waals surface area contributed by atoms with Gasteiger partial charge in [0.1, 0.15) is 5.75 Å². The summed E-state index contributed by atoms with van der Waals surface area (Å²) in [5.41, 5.74) is 9.64. The average Bonchev–Trinajstić information content (AvgIpc) is 2.87. The molecule has 0 heterocycles. The Labute approximate surface area is 201 Å². The monoisotopic (exact) mass is 459 g/mol. The molecule has 6 heteroatoms. The van der Waals surface area contributed by atoms with E-state index in [1.54, 1.807) is 0 Å². The van der Waals surface area contributed by atoms with Crippen molar-refractivity contribution >= 4 is 11.7 Å². The van der Waals surface area contributed by atoms with Crippen molar-refractivity contribution in [3.8, 4) is 5.75 Å². The number of carbonyl (C=O) groups excluding carboxylic acids is 2. The van der Waals surface area contributed by atoms with Gasteiger partial charge in [-0.3, -0.25) is 14.9 Å². The van der Waals surface area contributed by atoms with Gasteiger partial charge in [0.05, 0.1) is 19.2 Å². The lowest BCUT2D eigenvalue weighted by atomic mass is 10.0. The zero-order valence-corrected chi connectivity index (χ0v) is 19.6. The molecule has 4 N–H and O–H groups in total. The molecule has 0 aliphatic heterocycles. The minimum absolute atomic E-state index is 0.0207. The van der Waals surface area contributed by atoms with E-state index >= 15 is 0 Å². The number of Topliss-reactive ketones (excluding diaryl/α,β-unsaturated/α-hetero) is 1. The summed E-state index contributed by atoms with van der Waals surface area (Å²) in [5.74, 6) is 0.669. The topological polar surface area (TPSA) is 93.4 Å². The molecule has 3 aromatic rings. The maximum atomic E-state index is 13.0. The van der Waals surface area contributed by atoms with Crippen LogP contribution in [-0.4, -0.2) is 30.9 Å². The molecule has 3 aromatic carbocycles. The van der Waals surface area contributed by atoms with Gasteiger partial charge in [-0.2, -0.15) is 0 Å². The maximum absolute atomic E-state index is 13.0. The van der Waals surface area contributed by atoms with E-state index in [1.165, 1.54) is 0 Å². The summed E-state index contributed by atoms with van der Waals surface area (Å²) in [5, 5.41) is 6.16. The van der Waals surface area contributed by atoms with Gasteiger partial charge < -0.3 is 15.8 Å². The predicted octanol–water partition coefficient (Wildman–Crippen LogP) is 3.17. The Bertz CT molecular complexity index is 1030. The highest BCUT2D eigenvalue weighted by Gasteiger charge is 2.19. The summed E-state index contributed by atoms with van der Waals surface area (Å²) in [7, 11) is 0. The number of nitrogens with one attached hydrogen (secondary N) is 2. The molecule has 178 valence electrons. The molecule has 0 unspecified atom stereocenters. The predicted molar refractivity (Wildman–Crippen MR) is 134 cm³/mol. The summed E-state index contributed by atoms with van der Waals surface area (Å²) in [4.78, 5) is 25.6. The van der Waals surface area contributed by atoms with Crippen LogP contribution < -0.4 is 21.1 Å². The number of hydrogen-bond donors (Lipinski definition) is 3. The van der Waals surface area contributed by atoms with Crippen molar-refractivity contribution in [2.24, 2.45) is 5.73 Å². The number of amides is 1. The van der Waals surface area contributed by atoms with Gasteiger partial charge in [-0.25, -0.2) is 0 Å². The molecule has 0 bridgehead atoms. The third-order valence-corrected chi connectivity index (χ3v) is 5.51. The van der Waals surface area contributed by atoms with Crippen molar-refractivity contribution in [3.63, 3.8) is 0 Å². The lowest BCUT2D eigenvalue weighted by molar-refractivity contribution is -0.123. The molecule has 6 nitrogen and oxygen atoms in total. The molecule has 1 amide bonds. The number of ketones is 1. The summed E-state index contributed by atoms with van der Waals surface area (Å²) in [6.07, 6.45) is 0.793. The Hall–Kier alpha value is -3.48. The fourth-order valence-corrected chi connectivity index (χ4v) is 3.61. The van der Waals surface area contributed by atoms with Crippen LogP contribution in [0.1, 0.15) is 29.2 Å². The number of rotatable bonds is 13. The third kappa shape index (κ3) is 8.14. The van der Waals surface area contributed by atoms with Crippen molar-refractivity contribution in [2.75, 3.05) is 13.2 Å². The van der Waals surface area contributed by atoms with Gasteiger partial charge in [-0.1, -0.05) is 66.7 Å². The smallest absolute Gasteiger partial charge is 0.237 e. The van der Waals surface area contributed by atoms with Crippen molar-refractivity contribution in [1.82, 2.24) is 10.6 Å². The lowest BCUT2D eigenvalue weighted by Crippen LogP contribution is -2.47. The van der Waals surface area contributed by atoms with E-state index in [9.17, 15) is 9.59 Å². The van der Waals surface area contributed by atoms with Crippen LogP contribution in [0.15, 0.2) is 78.9 Å². The van der Waals surface area contributed by atoms with Gasteiger partial charge in [0.15, 0.2) is 5.78 Å². The van der Waals surface area contributed by atoms with E-state index in [0.717, 1.165) is 28.0 Å². The van der Waals surface area contributed by atoms with Gasteiger partial charge in [0.2, 0.25) is 5.91 Å². The molecule has 0 fully saturated rings. The highest BCUT2D eigenvalue weighted by molar-refractivity contribution is 5.85. The van der Waals surface area contributed by atoms with Crippen LogP contribution in [0.25, 0.3) is 0 Å². The average molecular weight is 460 g/mol. The van der Waals surface area contributed by atoms with Gasteiger partial charge in [-0.05, 0) is 47.7 Å². The summed E-state index contributed by atoms with van der Waals surface area (Å²) in [6, 6.07) is 24.6. The SMILES string of the molecule is CCOc1ccc(CC(=O)CN[C@@H](Cc2ccccc2)C(=O)NCc2ccc(CN)cc2)cc1. The zero-order chi connectivity index (χ0) is 24.2. The quantitative estimate of drug-likeness (QED) is 0.365. The Morgan fingerprint density at radius 1 is 0.853 bits per heavy atom. The van der Waals surface area contributed by atoms with Crippen molar-refractivity contribution in [2.45, 2.75) is 38.9 Å². The first-order valence-corrected chi connectivity index (χ1v) is 11.6. The molecule has 0 aliphatic carbocycles. The molecule has 0 radical (unpaired) electrons. The highest BCUT2D eigenvalue weighted by Crippen LogP contribution is 2.13. The minimum atomic E-state index is -0.519. The molecule has 0 aromatic heterocycles. The lowest BCUT2D eigenvalue weighted by Gasteiger charge is -2.19. The largest absolute Gasteiger partial charge is 0.494 e. The van der Waals surface area contributed by atoms with Crippen LogP contribution in [0.4, 0.5) is 0 Å². The number of ether oxygens (including phenoxy) is 1. The van der Waals surface area contributed by atoms with Crippen molar-refractivity contribution in [1.29, 1.82) is 0 Å². The van der Waals surface area contributed by atoms with Crippen LogP contribution >= 0.6 is 0 Å².